The number of anilines is 2. The van der Waals surface area contributed by atoms with E-state index >= 15 is 0 Å². The lowest BCUT2D eigenvalue weighted by molar-refractivity contribution is 0.256. The van der Waals surface area contributed by atoms with Crippen LogP contribution in [-0.2, 0) is 0 Å². The Morgan fingerprint density at radius 3 is 2.53 bits per heavy atom. The molecule has 0 saturated carbocycles. The van der Waals surface area contributed by atoms with Crippen molar-refractivity contribution in [1.82, 2.24) is 10.2 Å². The number of rotatable bonds is 2. The monoisotopic (exact) mass is 202 g/mol. The zero-order chi connectivity index (χ0) is 10.7. The fourth-order valence-electron chi connectivity index (χ4n) is 1.34. The van der Waals surface area contributed by atoms with Crippen LogP contribution in [0.5, 0.6) is 0 Å². The van der Waals surface area contributed by atoms with Gasteiger partial charge >= 0.3 is 6.03 Å². The summed E-state index contributed by atoms with van der Waals surface area (Å²) in [4.78, 5) is 12.7. The number of carbonyl (C=O) groups excluding carboxylic acids is 1. The first-order chi connectivity index (χ1) is 7.29. The van der Waals surface area contributed by atoms with Crippen molar-refractivity contribution in [3.05, 3.63) is 42.6 Å². The van der Waals surface area contributed by atoms with E-state index in [1.165, 1.54) is 4.90 Å². The molecule has 0 spiro atoms. The fourth-order valence-corrected chi connectivity index (χ4v) is 1.34. The number of nitrogens with one attached hydrogen (secondary N) is 1. The molecule has 1 heterocycles. The molecule has 76 valence electrons. The van der Waals surface area contributed by atoms with E-state index in [0.717, 1.165) is 0 Å². The first kappa shape index (κ1) is 9.26. The van der Waals surface area contributed by atoms with E-state index in [1.807, 2.05) is 18.2 Å². The van der Waals surface area contributed by atoms with Crippen LogP contribution in [0.4, 0.5) is 16.3 Å². The van der Waals surface area contributed by atoms with Gasteiger partial charge in [-0.1, -0.05) is 18.2 Å². The van der Waals surface area contributed by atoms with Crippen LogP contribution in [0.3, 0.4) is 0 Å². The average Bonchev–Trinajstić information content (AvgIpc) is 2.72. The number of amides is 2. The van der Waals surface area contributed by atoms with Crippen molar-refractivity contribution in [2.75, 3.05) is 4.90 Å². The maximum atomic E-state index is 11.3. The molecule has 2 amide bonds. The summed E-state index contributed by atoms with van der Waals surface area (Å²) in [5, 5.41) is 6.47. The summed E-state index contributed by atoms with van der Waals surface area (Å²) in [5.41, 5.74) is 6.00. The molecule has 0 atom stereocenters. The van der Waals surface area contributed by atoms with E-state index in [0.29, 0.717) is 11.5 Å². The van der Waals surface area contributed by atoms with E-state index < -0.39 is 6.03 Å². The molecular weight excluding hydrogens is 192 g/mol. The summed E-state index contributed by atoms with van der Waals surface area (Å²) in [6.07, 6.45) is 1.56. The molecule has 2 rings (SSSR count). The second-order valence-electron chi connectivity index (χ2n) is 2.95. The van der Waals surface area contributed by atoms with Gasteiger partial charge in [0.2, 0.25) is 0 Å². The zero-order valence-corrected chi connectivity index (χ0v) is 7.92. The van der Waals surface area contributed by atoms with E-state index in [4.69, 9.17) is 5.73 Å². The fraction of sp³-hybridized carbons (Fsp3) is 0. The molecule has 0 bridgehead atoms. The van der Waals surface area contributed by atoms with Gasteiger partial charge in [0.1, 0.15) is 5.82 Å². The van der Waals surface area contributed by atoms with Crippen LogP contribution in [0.1, 0.15) is 0 Å². The topological polar surface area (TPSA) is 75.0 Å². The number of benzene rings is 1. The van der Waals surface area contributed by atoms with Crippen LogP contribution in [0, 0.1) is 0 Å². The minimum Gasteiger partial charge on any atom is -0.351 e. The SMILES string of the molecule is NC(=O)N(c1ccccc1)c1ccn[nH]1. The first-order valence-electron chi connectivity index (χ1n) is 4.43. The van der Waals surface area contributed by atoms with E-state index in [9.17, 15) is 4.79 Å². The number of hydrogen-bond donors (Lipinski definition) is 2. The van der Waals surface area contributed by atoms with Gasteiger partial charge in [0.05, 0.1) is 11.9 Å². The van der Waals surface area contributed by atoms with Gasteiger partial charge in [0.15, 0.2) is 0 Å². The molecule has 3 N–H and O–H groups in total. The lowest BCUT2D eigenvalue weighted by atomic mass is 10.3. The molecule has 2 aromatic rings. The van der Waals surface area contributed by atoms with Gasteiger partial charge in [-0.3, -0.25) is 5.10 Å². The van der Waals surface area contributed by atoms with Gasteiger partial charge in [-0.2, -0.15) is 5.10 Å². The molecule has 5 nitrogen and oxygen atoms in total. The highest BCUT2D eigenvalue weighted by Gasteiger charge is 2.15. The highest BCUT2D eigenvalue weighted by atomic mass is 16.2. The first-order valence-corrected chi connectivity index (χ1v) is 4.43. The predicted molar refractivity (Wildman–Crippen MR) is 56.8 cm³/mol. The third kappa shape index (κ3) is 1.80. The van der Waals surface area contributed by atoms with Crippen molar-refractivity contribution in [3.63, 3.8) is 0 Å². The Hall–Kier alpha value is -2.30. The Balaban J connectivity index is 2.42. The molecule has 0 aliphatic carbocycles. The van der Waals surface area contributed by atoms with Crippen molar-refractivity contribution < 1.29 is 4.79 Å². The maximum absolute atomic E-state index is 11.3. The minimum absolute atomic E-state index is 0.550. The summed E-state index contributed by atoms with van der Waals surface area (Å²) in [6, 6.07) is 10.3. The second-order valence-corrected chi connectivity index (χ2v) is 2.95. The molecule has 0 aliphatic rings. The summed E-state index contributed by atoms with van der Waals surface area (Å²) in [6.45, 7) is 0. The lowest BCUT2D eigenvalue weighted by Gasteiger charge is -2.17. The van der Waals surface area contributed by atoms with Crippen LogP contribution < -0.4 is 10.6 Å². The third-order valence-corrected chi connectivity index (χ3v) is 1.96. The normalized spacial score (nSPS) is 9.87. The molecule has 15 heavy (non-hydrogen) atoms. The summed E-state index contributed by atoms with van der Waals surface area (Å²) < 4.78 is 0. The van der Waals surface area contributed by atoms with Crippen LogP contribution in [0.25, 0.3) is 0 Å². The molecule has 0 saturated heterocycles. The van der Waals surface area contributed by atoms with E-state index in [1.54, 1.807) is 24.4 Å². The number of hydrogen-bond acceptors (Lipinski definition) is 2. The number of H-pyrrole nitrogens is 1. The van der Waals surface area contributed by atoms with Gasteiger partial charge in [0, 0.05) is 6.07 Å². The second kappa shape index (κ2) is 3.83. The lowest BCUT2D eigenvalue weighted by Crippen LogP contribution is -2.31. The van der Waals surface area contributed by atoms with Gasteiger partial charge in [-0.15, -0.1) is 0 Å². The van der Waals surface area contributed by atoms with Crippen molar-refractivity contribution in [2.24, 2.45) is 5.73 Å². The van der Waals surface area contributed by atoms with Crippen LogP contribution in [0.2, 0.25) is 0 Å². The molecular formula is C10H10N4O. The van der Waals surface area contributed by atoms with Crippen molar-refractivity contribution in [1.29, 1.82) is 0 Å². The van der Waals surface area contributed by atoms with Gasteiger partial charge in [0.25, 0.3) is 0 Å². The maximum Gasteiger partial charge on any atom is 0.325 e. The molecule has 5 heteroatoms. The Morgan fingerprint density at radius 2 is 2.00 bits per heavy atom. The van der Waals surface area contributed by atoms with Crippen LogP contribution in [0.15, 0.2) is 42.6 Å². The smallest absolute Gasteiger partial charge is 0.325 e. The number of nitrogens with zero attached hydrogens (tertiary/aromatic N) is 2. The highest BCUT2D eigenvalue weighted by Crippen LogP contribution is 2.21. The Kier molecular flexibility index (Phi) is 2.37. The average molecular weight is 202 g/mol. The number of aromatic amines is 1. The third-order valence-electron chi connectivity index (χ3n) is 1.96. The Morgan fingerprint density at radius 1 is 1.27 bits per heavy atom. The molecule has 1 aromatic heterocycles. The molecule has 0 fully saturated rings. The molecule has 0 unspecified atom stereocenters. The van der Waals surface area contributed by atoms with Gasteiger partial charge in [-0.25, -0.2) is 9.69 Å². The predicted octanol–water partition coefficient (Wildman–Crippen LogP) is 1.63. The number of para-hydroxylation sites is 1. The number of primary amides is 1. The van der Waals surface area contributed by atoms with Crippen LogP contribution >= 0.6 is 0 Å². The number of carbonyl (C=O) groups is 1. The molecule has 0 radical (unpaired) electrons. The molecule has 0 aliphatic heterocycles. The summed E-state index contributed by atoms with van der Waals surface area (Å²) in [5.74, 6) is 0.550. The van der Waals surface area contributed by atoms with E-state index in [-0.39, 0.29) is 0 Å². The number of urea groups is 1. The van der Waals surface area contributed by atoms with Gasteiger partial charge in [-0.05, 0) is 12.1 Å². The quantitative estimate of drug-likeness (QED) is 0.776. The largest absolute Gasteiger partial charge is 0.351 e. The highest BCUT2D eigenvalue weighted by molar-refractivity contribution is 5.97. The molecule has 1 aromatic carbocycles. The standard InChI is InChI=1S/C10H10N4O/c11-10(15)14(9-6-7-12-13-9)8-4-2-1-3-5-8/h1-7H,(H2,11,15)(H,12,13). The number of nitrogens with two attached hydrogens (primary N) is 1. The van der Waals surface area contributed by atoms with Crippen molar-refractivity contribution in [2.45, 2.75) is 0 Å². The van der Waals surface area contributed by atoms with Crippen molar-refractivity contribution >= 4 is 17.5 Å². The minimum atomic E-state index is -0.551. The summed E-state index contributed by atoms with van der Waals surface area (Å²) >= 11 is 0. The van der Waals surface area contributed by atoms with Gasteiger partial charge < -0.3 is 5.73 Å². The zero-order valence-electron chi connectivity index (χ0n) is 7.92. The van der Waals surface area contributed by atoms with Crippen LogP contribution in [-0.4, -0.2) is 16.2 Å². The Labute approximate surface area is 86.5 Å². The Bertz CT molecular complexity index is 438. The summed E-state index contributed by atoms with van der Waals surface area (Å²) in [7, 11) is 0. The van der Waals surface area contributed by atoms with Crippen molar-refractivity contribution in [3.8, 4) is 0 Å². The number of aromatic nitrogens is 2. The van der Waals surface area contributed by atoms with E-state index in [2.05, 4.69) is 10.2 Å².